The van der Waals surface area contributed by atoms with Crippen LogP contribution in [0.1, 0.15) is 34.8 Å². The molecule has 0 spiro atoms. The van der Waals surface area contributed by atoms with E-state index in [1.165, 1.54) is 6.20 Å². The van der Waals surface area contributed by atoms with Crippen LogP contribution in [0.5, 0.6) is 11.6 Å². The first-order valence-corrected chi connectivity index (χ1v) is 11.8. The van der Waals surface area contributed by atoms with E-state index in [-0.39, 0.29) is 12.2 Å². The third-order valence-corrected chi connectivity index (χ3v) is 6.08. The molecule has 0 radical (unpaired) electrons. The van der Waals surface area contributed by atoms with E-state index >= 15 is 0 Å². The Morgan fingerprint density at radius 1 is 1.22 bits per heavy atom. The van der Waals surface area contributed by atoms with Gasteiger partial charge in [-0.2, -0.15) is 5.26 Å². The number of pyridine rings is 1. The van der Waals surface area contributed by atoms with Gasteiger partial charge in [-0.3, -0.25) is 10.1 Å². The minimum Gasteiger partial charge on any atom is -0.439 e. The number of carbonyl (C=O) groups is 1. The molecule has 1 amide bonds. The maximum Gasteiger partial charge on any atom is 0.323 e. The van der Waals surface area contributed by atoms with Crippen LogP contribution in [0.15, 0.2) is 65.6 Å². The van der Waals surface area contributed by atoms with Gasteiger partial charge >= 0.3 is 5.69 Å². The molecule has 190 valence electrons. The number of ether oxygens (including phenoxy) is 1. The SMILES string of the molecule is CC(C#N)(Cc1ccc(Oc2ccc(C(N)=O)cn2)cc1)NCC(O)CCc1cccc2[nH]c(=O)[nH]c12. The lowest BCUT2D eigenvalue weighted by Gasteiger charge is -2.25. The molecular formula is C27H28N6O4. The number of nitrogens with one attached hydrogen (secondary N) is 3. The van der Waals surface area contributed by atoms with Crippen molar-refractivity contribution < 1.29 is 14.6 Å². The molecule has 0 aliphatic heterocycles. The zero-order chi connectivity index (χ0) is 26.4. The van der Waals surface area contributed by atoms with Crippen LogP contribution in [-0.4, -0.2) is 44.2 Å². The maximum atomic E-state index is 11.6. The Morgan fingerprint density at radius 3 is 2.68 bits per heavy atom. The van der Waals surface area contributed by atoms with Crippen LogP contribution >= 0.6 is 0 Å². The molecule has 0 fully saturated rings. The Kier molecular flexibility index (Phi) is 7.67. The summed E-state index contributed by atoms with van der Waals surface area (Å²) < 4.78 is 5.70. The van der Waals surface area contributed by atoms with Gasteiger partial charge in [-0.15, -0.1) is 0 Å². The van der Waals surface area contributed by atoms with E-state index < -0.39 is 17.6 Å². The average molecular weight is 501 g/mol. The lowest BCUT2D eigenvalue weighted by Crippen LogP contribution is -2.46. The number of benzene rings is 2. The monoisotopic (exact) mass is 500 g/mol. The molecule has 6 N–H and O–H groups in total. The van der Waals surface area contributed by atoms with Crippen molar-refractivity contribution in [2.75, 3.05) is 6.54 Å². The summed E-state index contributed by atoms with van der Waals surface area (Å²) in [6.45, 7) is 2.04. The van der Waals surface area contributed by atoms with Gasteiger partial charge in [-0.25, -0.2) is 9.78 Å². The number of nitrogens with two attached hydrogens (primary N) is 1. The lowest BCUT2D eigenvalue weighted by molar-refractivity contribution is 0.1000. The fraction of sp³-hybridized carbons (Fsp3) is 0.259. The van der Waals surface area contributed by atoms with E-state index in [9.17, 15) is 20.0 Å². The fourth-order valence-corrected chi connectivity index (χ4v) is 4.03. The molecule has 37 heavy (non-hydrogen) atoms. The molecule has 0 aliphatic carbocycles. The molecule has 10 heteroatoms. The van der Waals surface area contributed by atoms with Crippen LogP contribution in [0, 0.1) is 11.3 Å². The van der Waals surface area contributed by atoms with E-state index in [4.69, 9.17) is 10.5 Å². The second-order valence-electron chi connectivity index (χ2n) is 9.11. The highest BCUT2D eigenvalue weighted by Gasteiger charge is 2.25. The van der Waals surface area contributed by atoms with E-state index in [2.05, 4.69) is 26.3 Å². The largest absolute Gasteiger partial charge is 0.439 e. The standard InChI is InChI=1S/C27H28N6O4/c1-27(16-28,31-15-20(34)9-7-18-3-2-4-22-24(18)33-26(36)32-22)13-17-5-10-21(11-6-17)37-23-12-8-19(14-30-23)25(29)35/h2-6,8,10-12,14,20,31,34H,7,9,13,15H2,1H3,(H2,29,35)(H2,32,33,36). The summed E-state index contributed by atoms with van der Waals surface area (Å²) in [7, 11) is 0. The van der Waals surface area contributed by atoms with Crippen molar-refractivity contribution in [1.82, 2.24) is 20.3 Å². The number of aromatic amines is 2. The number of rotatable bonds is 11. The molecule has 0 aliphatic rings. The number of hydrogen-bond donors (Lipinski definition) is 5. The summed E-state index contributed by atoms with van der Waals surface area (Å²) in [4.78, 5) is 32.3. The summed E-state index contributed by atoms with van der Waals surface area (Å²) in [6.07, 6.45) is 2.16. The first-order chi connectivity index (χ1) is 17.7. The van der Waals surface area contributed by atoms with Crippen molar-refractivity contribution >= 4 is 16.9 Å². The van der Waals surface area contributed by atoms with Gasteiger partial charge in [0.25, 0.3) is 0 Å². The number of aromatic nitrogens is 3. The zero-order valence-electron chi connectivity index (χ0n) is 20.3. The number of hydrogen-bond acceptors (Lipinski definition) is 7. The van der Waals surface area contributed by atoms with Crippen molar-refractivity contribution in [2.45, 2.75) is 37.8 Å². The molecule has 4 rings (SSSR count). The van der Waals surface area contributed by atoms with Gasteiger partial charge in [0.15, 0.2) is 0 Å². The zero-order valence-corrected chi connectivity index (χ0v) is 20.3. The van der Waals surface area contributed by atoms with Crippen LogP contribution in [0.2, 0.25) is 0 Å². The number of nitrogens with zero attached hydrogens (tertiary/aromatic N) is 2. The topological polar surface area (TPSA) is 170 Å². The molecule has 0 bridgehead atoms. The molecule has 2 unspecified atom stereocenters. The summed E-state index contributed by atoms with van der Waals surface area (Å²) in [5.41, 5.74) is 7.71. The second-order valence-corrected chi connectivity index (χ2v) is 9.11. The third kappa shape index (κ3) is 6.61. The summed E-state index contributed by atoms with van der Waals surface area (Å²) in [5.74, 6) is 0.329. The van der Waals surface area contributed by atoms with E-state index in [1.54, 1.807) is 31.2 Å². The lowest BCUT2D eigenvalue weighted by atomic mass is 9.93. The smallest absolute Gasteiger partial charge is 0.323 e. The van der Waals surface area contributed by atoms with Crippen molar-refractivity contribution in [3.05, 3.63) is 88.0 Å². The molecule has 0 saturated carbocycles. The highest BCUT2D eigenvalue weighted by atomic mass is 16.5. The van der Waals surface area contributed by atoms with E-state index in [0.717, 1.165) is 22.2 Å². The number of para-hydroxylation sites is 1. The first-order valence-electron chi connectivity index (χ1n) is 11.8. The van der Waals surface area contributed by atoms with Gasteiger partial charge in [0.2, 0.25) is 11.8 Å². The molecule has 4 aromatic rings. The molecule has 10 nitrogen and oxygen atoms in total. The second kappa shape index (κ2) is 11.1. The third-order valence-electron chi connectivity index (χ3n) is 6.08. The molecule has 2 aromatic heterocycles. The number of nitriles is 1. The van der Waals surface area contributed by atoms with Gasteiger partial charge in [0.1, 0.15) is 11.3 Å². The minimum absolute atomic E-state index is 0.248. The predicted molar refractivity (Wildman–Crippen MR) is 138 cm³/mol. The number of β-amino-alcohol motifs (C(OH)–C–C–N with tert-alkyl or cyclic N) is 1. The Morgan fingerprint density at radius 2 is 2.00 bits per heavy atom. The van der Waals surface area contributed by atoms with E-state index in [1.807, 2.05) is 30.3 Å². The highest BCUT2D eigenvalue weighted by Crippen LogP contribution is 2.22. The van der Waals surface area contributed by atoms with Crippen LogP contribution in [-0.2, 0) is 12.8 Å². The van der Waals surface area contributed by atoms with Crippen molar-refractivity contribution in [3.63, 3.8) is 0 Å². The number of fused-ring (bicyclic) bond motifs is 1. The molecule has 0 saturated heterocycles. The number of primary amides is 1. The van der Waals surface area contributed by atoms with Crippen LogP contribution < -0.4 is 21.5 Å². The van der Waals surface area contributed by atoms with Crippen molar-refractivity contribution in [3.8, 4) is 17.7 Å². The van der Waals surface area contributed by atoms with Gasteiger partial charge in [-0.05, 0) is 55.2 Å². The van der Waals surface area contributed by atoms with Gasteiger partial charge < -0.3 is 25.5 Å². The fourth-order valence-electron chi connectivity index (χ4n) is 4.03. The van der Waals surface area contributed by atoms with Gasteiger partial charge in [-0.1, -0.05) is 24.3 Å². The van der Waals surface area contributed by atoms with Crippen LogP contribution in [0.25, 0.3) is 11.0 Å². The Balaban J connectivity index is 1.29. The Labute approximate surface area is 213 Å². The Bertz CT molecular complexity index is 1470. The first kappa shape index (κ1) is 25.6. The van der Waals surface area contributed by atoms with Crippen LogP contribution in [0.4, 0.5) is 0 Å². The normalized spacial score (nSPS) is 13.5. The van der Waals surface area contributed by atoms with Gasteiger partial charge in [0, 0.05) is 25.2 Å². The van der Waals surface area contributed by atoms with Crippen LogP contribution in [0.3, 0.4) is 0 Å². The van der Waals surface area contributed by atoms with Crippen molar-refractivity contribution in [2.24, 2.45) is 5.73 Å². The number of aliphatic hydroxyl groups is 1. The molecular weight excluding hydrogens is 472 g/mol. The summed E-state index contributed by atoms with van der Waals surface area (Å²) in [5, 5.41) is 23.5. The van der Waals surface area contributed by atoms with E-state index in [0.29, 0.717) is 36.5 Å². The number of aliphatic hydroxyl groups excluding tert-OH is 1. The molecule has 2 heterocycles. The predicted octanol–water partition coefficient (Wildman–Crippen LogP) is 2.55. The number of imidazole rings is 1. The number of carbonyl (C=O) groups excluding carboxylic acids is 1. The number of amides is 1. The molecule has 2 atom stereocenters. The average Bonchev–Trinajstić information content (AvgIpc) is 3.28. The maximum absolute atomic E-state index is 11.6. The molecule has 2 aromatic carbocycles. The van der Waals surface area contributed by atoms with Gasteiger partial charge in [0.05, 0.1) is 28.8 Å². The number of aryl methyl sites for hydroxylation is 1. The Hall–Kier alpha value is -4.46. The summed E-state index contributed by atoms with van der Waals surface area (Å²) in [6, 6.07) is 18.3. The van der Waals surface area contributed by atoms with Crippen molar-refractivity contribution in [1.29, 1.82) is 5.26 Å². The number of H-pyrrole nitrogens is 2. The minimum atomic E-state index is -0.888. The summed E-state index contributed by atoms with van der Waals surface area (Å²) >= 11 is 0. The highest BCUT2D eigenvalue weighted by molar-refractivity contribution is 5.92. The quantitative estimate of drug-likeness (QED) is 0.211.